The van der Waals surface area contributed by atoms with Crippen molar-refractivity contribution in [1.82, 2.24) is 5.32 Å². The van der Waals surface area contributed by atoms with Crippen molar-refractivity contribution in [1.29, 1.82) is 0 Å². The van der Waals surface area contributed by atoms with Gasteiger partial charge in [0.25, 0.3) is 17.7 Å². The van der Waals surface area contributed by atoms with E-state index in [-0.39, 0.29) is 33.8 Å². The minimum absolute atomic E-state index is 0.142. The van der Waals surface area contributed by atoms with E-state index in [1.165, 1.54) is 24.3 Å². The summed E-state index contributed by atoms with van der Waals surface area (Å²) in [6, 6.07) is 15.5. The van der Waals surface area contributed by atoms with E-state index < -0.39 is 17.8 Å². The van der Waals surface area contributed by atoms with Crippen molar-refractivity contribution in [2.75, 3.05) is 16.8 Å². The van der Waals surface area contributed by atoms with Crippen LogP contribution in [0.2, 0.25) is 10.0 Å². The molecular weight excluding hydrogens is 653 g/mol. The van der Waals surface area contributed by atoms with Crippen LogP contribution in [0.4, 0.5) is 16.2 Å². The van der Waals surface area contributed by atoms with E-state index in [0.717, 1.165) is 4.90 Å². The van der Waals surface area contributed by atoms with E-state index in [1.54, 1.807) is 36.4 Å². The number of anilines is 2. The standard InChI is InChI=1S/C25H15Br2Cl2N3O5/c26-17-9-13(10-18(27)22(17)37-12-21(33)30-14-4-2-1-3-5-14)8-16-23(34)31-25(36)32(24(16)35)15-6-7-19(28)20(29)11-15/h1-11H,12H2,(H,30,33)(H,31,34,36)/b16-8-. The molecule has 1 fully saturated rings. The van der Waals surface area contributed by atoms with Crippen molar-refractivity contribution in [3.05, 3.63) is 90.8 Å². The minimum Gasteiger partial charge on any atom is -0.481 e. The van der Waals surface area contributed by atoms with Crippen molar-refractivity contribution in [3.63, 3.8) is 0 Å². The van der Waals surface area contributed by atoms with Gasteiger partial charge in [-0.3, -0.25) is 19.7 Å². The molecule has 0 spiro atoms. The Kier molecular flexibility index (Phi) is 8.33. The molecule has 0 aromatic heterocycles. The monoisotopic (exact) mass is 665 g/mol. The summed E-state index contributed by atoms with van der Waals surface area (Å²) in [5, 5.41) is 5.26. The van der Waals surface area contributed by atoms with E-state index in [2.05, 4.69) is 42.5 Å². The van der Waals surface area contributed by atoms with Gasteiger partial charge in [-0.15, -0.1) is 0 Å². The third kappa shape index (κ3) is 6.22. The molecule has 0 unspecified atom stereocenters. The molecule has 12 heteroatoms. The quantitative estimate of drug-likeness (QED) is 0.241. The number of halogens is 4. The Morgan fingerprint density at radius 2 is 1.65 bits per heavy atom. The predicted molar refractivity (Wildman–Crippen MR) is 148 cm³/mol. The SMILES string of the molecule is O=C(COc1c(Br)cc(/C=C2/C(=O)NC(=O)N(c3ccc(Cl)c(Cl)c3)C2=O)cc1Br)Nc1ccccc1. The van der Waals surface area contributed by atoms with Gasteiger partial charge in [0.05, 0.1) is 24.7 Å². The number of rotatable bonds is 6. The van der Waals surface area contributed by atoms with Crippen molar-refractivity contribution in [2.45, 2.75) is 0 Å². The first-order valence-corrected chi connectivity index (χ1v) is 12.8. The Balaban J connectivity index is 1.54. The lowest BCUT2D eigenvalue weighted by molar-refractivity contribution is -0.122. The Morgan fingerprint density at radius 1 is 0.973 bits per heavy atom. The molecular formula is C25H15Br2Cl2N3O5. The van der Waals surface area contributed by atoms with E-state index >= 15 is 0 Å². The summed E-state index contributed by atoms with van der Waals surface area (Å²) in [4.78, 5) is 51.0. The van der Waals surface area contributed by atoms with Crippen LogP contribution in [0.1, 0.15) is 5.56 Å². The summed E-state index contributed by atoms with van der Waals surface area (Å²) in [5.41, 5.74) is 0.956. The normalized spacial score (nSPS) is 14.5. The molecule has 8 nitrogen and oxygen atoms in total. The number of para-hydroxylation sites is 1. The molecule has 1 aliphatic heterocycles. The van der Waals surface area contributed by atoms with E-state index in [0.29, 0.717) is 25.9 Å². The number of urea groups is 1. The summed E-state index contributed by atoms with van der Waals surface area (Å²) < 4.78 is 6.57. The number of barbiturate groups is 1. The summed E-state index contributed by atoms with van der Waals surface area (Å²) in [6.07, 6.45) is 1.33. The van der Waals surface area contributed by atoms with Gasteiger partial charge in [-0.25, -0.2) is 9.69 Å². The van der Waals surface area contributed by atoms with Crippen LogP contribution < -0.4 is 20.3 Å². The highest BCUT2D eigenvalue weighted by molar-refractivity contribution is 9.11. The number of nitrogens with zero attached hydrogens (tertiary/aromatic N) is 1. The summed E-state index contributed by atoms with van der Waals surface area (Å²) in [5.74, 6) is -1.70. The Bertz CT molecular complexity index is 1440. The topological polar surface area (TPSA) is 105 Å². The molecule has 5 amide bonds. The predicted octanol–water partition coefficient (Wildman–Crippen LogP) is 6.20. The number of ether oxygens (including phenoxy) is 1. The molecule has 3 aromatic rings. The Morgan fingerprint density at radius 3 is 2.30 bits per heavy atom. The highest BCUT2D eigenvalue weighted by atomic mass is 79.9. The molecule has 0 saturated carbocycles. The van der Waals surface area contributed by atoms with E-state index in [9.17, 15) is 19.2 Å². The van der Waals surface area contributed by atoms with Crippen LogP contribution in [-0.4, -0.2) is 30.4 Å². The second-order valence-electron chi connectivity index (χ2n) is 7.57. The van der Waals surface area contributed by atoms with Crippen LogP contribution >= 0.6 is 55.1 Å². The lowest BCUT2D eigenvalue weighted by Crippen LogP contribution is -2.54. The van der Waals surface area contributed by atoms with Crippen LogP contribution in [0.3, 0.4) is 0 Å². The molecule has 2 N–H and O–H groups in total. The molecule has 3 aromatic carbocycles. The highest BCUT2D eigenvalue weighted by Gasteiger charge is 2.37. The Labute approximate surface area is 237 Å². The number of hydrogen-bond donors (Lipinski definition) is 2. The highest BCUT2D eigenvalue weighted by Crippen LogP contribution is 2.36. The molecule has 1 saturated heterocycles. The third-order valence-electron chi connectivity index (χ3n) is 5.00. The van der Waals surface area contributed by atoms with Crippen LogP contribution in [0.25, 0.3) is 6.08 Å². The van der Waals surface area contributed by atoms with Gasteiger partial charge in [-0.1, -0.05) is 41.4 Å². The van der Waals surface area contributed by atoms with Gasteiger partial charge in [0.1, 0.15) is 11.3 Å². The summed E-state index contributed by atoms with van der Waals surface area (Å²) in [7, 11) is 0. The van der Waals surface area contributed by atoms with Crippen LogP contribution in [-0.2, 0) is 14.4 Å². The van der Waals surface area contributed by atoms with Crippen molar-refractivity contribution >= 4 is 96.3 Å². The van der Waals surface area contributed by atoms with E-state index in [1.807, 2.05) is 6.07 Å². The molecule has 1 heterocycles. The van der Waals surface area contributed by atoms with Crippen LogP contribution in [0.5, 0.6) is 5.75 Å². The minimum atomic E-state index is -0.912. The van der Waals surface area contributed by atoms with Gasteiger partial charge in [-0.2, -0.15) is 0 Å². The van der Waals surface area contributed by atoms with Crippen molar-refractivity contribution in [2.24, 2.45) is 0 Å². The molecule has 0 radical (unpaired) electrons. The molecule has 0 atom stereocenters. The maximum atomic E-state index is 13.1. The fourth-order valence-corrected chi connectivity index (χ4v) is 5.08. The number of imide groups is 2. The Hall–Kier alpha value is -3.18. The molecule has 0 bridgehead atoms. The molecule has 4 rings (SSSR count). The number of benzene rings is 3. The number of hydrogen-bond acceptors (Lipinski definition) is 5. The summed E-state index contributed by atoms with van der Waals surface area (Å²) >= 11 is 18.7. The second kappa shape index (κ2) is 11.5. The number of amides is 5. The van der Waals surface area contributed by atoms with Crippen LogP contribution in [0, 0.1) is 0 Å². The number of nitrogens with one attached hydrogen (secondary N) is 2. The molecule has 188 valence electrons. The summed E-state index contributed by atoms with van der Waals surface area (Å²) in [6.45, 7) is -0.256. The third-order valence-corrected chi connectivity index (χ3v) is 6.92. The number of carbonyl (C=O) groups is 4. The fourth-order valence-electron chi connectivity index (χ4n) is 3.34. The van der Waals surface area contributed by atoms with Crippen molar-refractivity contribution in [3.8, 4) is 5.75 Å². The first kappa shape index (κ1) is 26.9. The van der Waals surface area contributed by atoms with Gasteiger partial charge in [0.15, 0.2) is 6.61 Å². The first-order valence-electron chi connectivity index (χ1n) is 10.5. The molecule has 1 aliphatic rings. The average Bonchev–Trinajstić information content (AvgIpc) is 2.84. The van der Waals surface area contributed by atoms with Crippen molar-refractivity contribution < 1.29 is 23.9 Å². The second-order valence-corrected chi connectivity index (χ2v) is 10.1. The zero-order chi connectivity index (χ0) is 26.7. The maximum Gasteiger partial charge on any atom is 0.335 e. The van der Waals surface area contributed by atoms with Gasteiger partial charge in [0.2, 0.25) is 0 Å². The van der Waals surface area contributed by atoms with E-state index in [4.69, 9.17) is 27.9 Å². The molecule has 0 aliphatic carbocycles. The lowest BCUT2D eigenvalue weighted by atomic mass is 10.1. The van der Waals surface area contributed by atoms with Gasteiger partial charge in [0, 0.05) is 5.69 Å². The average molecular weight is 668 g/mol. The van der Waals surface area contributed by atoms with Gasteiger partial charge >= 0.3 is 6.03 Å². The maximum absolute atomic E-state index is 13.1. The van der Waals surface area contributed by atoms with Gasteiger partial charge in [-0.05, 0) is 86.0 Å². The molecule has 37 heavy (non-hydrogen) atoms. The fraction of sp³-hybridized carbons (Fsp3) is 0.0400. The largest absolute Gasteiger partial charge is 0.481 e. The first-order chi connectivity index (χ1) is 17.6. The van der Waals surface area contributed by atoms with Gasteiger partial charge < -0.3 is 10.1 Å². The zero-order valence-electron chi connectivity index (χ0n) is 18.6. The number of carbonyl (C=O) groups excluding carboxylic acids is 4. The smallest absolute Gasteiger partial charge is 0.335 e. The van der Waals surface area contributed by atoms with Crippen LogP contribution in [0.15, 0.2) is 75.2 Å². The zero-order valence-corrected chi connectivity index (χ0v) is 23.2. The lowest BCUT2D eigenvalue weighted by Gasteiger charge is -2.26.